The van der Waals surface area contributed by atoms with Gasteiger partial charge in [0.25, 0.3) is 0 Å². The normalized spacial score (nSPS) is 41.1. The number of hydroxylamine groups is 2. The molecule has 2 N–H and O–H groups in total. The lowest BCUT2D eigenvalue weighted by Gasteiger charge is -2.38. The van der Waals surface area contributed by atoms with E-state index in [1.807, 2.05) is 0 Å². The quantitative estimate of drug-likeness (QED) is 0.567. The van der Waals surface area contributed by atoms with E-state index >= 15 is 0 Å². The van der Waals surface area contributed by atoms with E-state index in [0.29, 0.717) is 6.42 Å². The molecule has 4 atom stereocenters. The van der Waals surface area contributed by atoms with E-state index in [2.05, 4.69) is 0 Å². The van der Waals surface area contributed by atoms with E-state index in [1.165, 1.54) is 12.2 Å². The Labute approximate surface area is 77.8 Å². The summed E-state index contributed by atoms with van der Waals surface area (Å²) in [5.74, 6) is 0. The summed E-state index contributed by atoms with van der Waals surface area (Å²) < 4.78 is 5.41. The van der Waals surface area contributed by atoms with Crippen LogP contribution in [0.4, 0.5) is 0 Å². The highest BCUT2D eigenvalue weighted by Crippen LogP contribution is 2.21. The average Bonchev–Trinajstić information content (AvgIpc) is 2.12. The SMILES string of the molecule is CON(C)[C@H]1C[C@@H](O)[C@H](O)C(C)O1. The molecule has 0 radical (unpaired) electrons. The molecule has 1 fully saturated rings. The standard InChI is InChI=1S/C8H17NO4/c1-5-8(11)6(10)4-7(13-5)9(2)12-3/h5-8,10-11H,4H2,1-3H3/t5?,6-,7-,8-/m1/s1. The van der Waals surface area contributed by atoms with Crippen molar-refractivity contribution in [3.8, 4) is 0 Å². The first kappa shape index (κ1) is 10.9. The van der Waals surface area contributed by atoms with Crippen molar-refractivity contribution in [3.05, 3.63) is 0 Å². The first-order valence-corrected chi connectivity index (χ1v) is 4.34. The third-order valence-corrected chi connectivity index (χ3v) is 2.38. The van der Waals surface area contributed by atoms with Crippen molar-refractivity contribution < 1.29 is 19.8 Å². The van der Waals surface area contributed by atoms with Gasteiger partial charge in [0.1, 0.15) is 12.3 Å². The molecule has 0 bridgehead atoms. The minimum atomic E-state index is -0.804. The van der Waals surface area contributed by atoms with Crippen molar-refractivity contribution in [2.75, 3.05) is 14.2 Å². The van der Waals surface area contributed by atoms with Crippen molar-refractivity contribution in [1.29, 1.82) is 0 Å². The molecule has 0 saturated carbocycles. The van der Waals surface area contributed by atoms with Gasteiger partial charge in [-0.3, -0.25) is 0 Å². The van der Waals surface area contributed by atoms with Crippen LogP contribution in [-0.2, 0) is 9.57 Å². The second kappa shape index (κ2) is 4.34. The van der Waals surface area contributed by atoms with E-state index in [9.17, 15) is 10.2 Å². The zero-order valence-electron chi connectivity index (χ0n) is 8.17. The van der Waals surface area contributed by atoms with Crippen LogP contribution >= 0.6 is 0 Å². The summed E-state index contributed by atoms with van der Waals surface area (Å²) in [6.07, 6.45) is -1.85. The molecule has 0 aromatic heterocycles. The largest absolute Gasteiger partial charge is 0.390 e. The Morgan fingerprint density at radius 3 is 2.54 bits per heavy atom. The van der Waals surface area contributed by atoms with Crippen LogP contribution in [0.2, 0.25) is 0 Å². The van der Waals surface area contributed by atoms with Gasteiger partial charge in [-0.2, -0.15) is 5.06 Å². The Morgan fingerprint density at radius 2 is 2.08 bits per heavy atom. The lowest BCUT2D eigenvalue weighted by Crippen LogP contribution is -2.51. The Balaban J connectivity index is 2.53. The van der Waals surface area contributed by atoms with Gasteiger partial charge in [0, 0.05) is 13.5 Å². The fraction of sp³-hybridized carbons (Fsp3) is 1.00. The molecular formula is C8H17NO4. The number of hydrogen-bond donors (Lipinski definition) is 2. The molecule has 0 aliphatic carbocycles. The molecule has 5 nitrogen and oxygen atoms in total. The number of aliphatic hydroxyl groups is 2. The number of ether oxygens (including phenoxy) is 1. The summed E-state index contributed by atoms with van der Waals surface area (Å²) in [5, 5.41) is 20.4. The molecule has 1 aliphatic heterocycles. The summed E-state index contributed by atoms with van der Waals surface area (Å²) in [5.41, 5.74) is 0. The average molecular weight is 191 g/mol. The molecule has 5 heteroatoms. The van der Waals surface area contributed by atoms with Crippen LogP contribution in [0.3, 0.4) is 0 Å². The predicted octanol–water partition coefficient (Wildman–Crippen LogP) is -0.664. The van der Waals surface area contributed by atoms with Gasteiger partial charge in [-0.1, -0.05) is 0 Å². The fourth-order valence-corrected chi connectivity index (χ4v) is 1.39. The molecule has 1 rings (SSSR count). The van der Waals surface area contributed by atoms with Crippen molar-refractivity contribution in [2.45, 2.75) is 37.9 Å². The van der Waals surface area contributed by atoms with Crippen LogP contribution in [0.25, 0.3) is 0 Å². The molecule has 0 amide bonds. The van der Waals surface area contributed by atoms with Gasteiger partial charge < -0.3 is 19.8 Å². The first-order chi connectivity index (χ1) is 6.06. The van der Waals surface area contributed by atoms with E-state index in [0.717, 1.165) is 0 Å². The molecule has 1 unspecified atom stereocenters. The minimum absolute atomic E-state index is 0.293. The van der Waals surface area contributed by atoms with E-state index in [4.69, 9.17) is 9.57 Å². The Morgan fingerprint density at radius 1 is 1.46 bits per heavy atom. The second-order valence-electron chi connectivity index (χ2n) is 3.32. The molecule has 1 aliphatic rings. The molecule has 0 aromatic rings. The van der Waals surface area contributed by atoms with Crippen molar-refractivity contribution in [2.24, 2.45) is 0 Å². The Hall–Kier alpha value is -0.200. The van der Waals surface area contributed by atoms with Crippen LogP contribution in [-0.4, -0.2) is 54.0 Å². The maximum atomic E-state index is 9.45. The third kappa shape index (κ3) is 2.38. The number of rotatable bonds is 2. The summed E-state index contributed by atoms with van der Waals surface area (Å²) in [7, 11) is 3.26. The summed E-state index contributed by atoms with van der Waals surface area (Å²) in [6.45, 7) is 1.73. The topological polar surface area (TPSA) is 62.2 Å². The monoisotopic (exact) mass is 191 g/mol. The number of nitrogens with zero attached hydrogens (tertiary/aromatic N) is 1. The van der Waals surface area contributed by atoms with Gasteiger partial charge >= 0.3 is 0 Å². The maximum absolute atomic E-state index is 9.45. The van der Waals surface area contributed by atoms with Gasteiger partial charge in [0.05, 0.1) is 19.3 Å². The first-order valence-electron chi connectivity index (χ1n) is 4.34. The highest BCUT2D eigenvalue weighted by atomic mass is 16.7. The molecule has 13 heavy (non-hydrogen) atoms. The van der Waals surface area contributed by atoms with Crippen LogP contribution < -0.4 is 0 Å². The lowest BCUT2D eigenvalue weighted by molar-refractivity contribution is -0.278. The van der Waals surface area contributed by atoms with E-state index in [-0.39, 0.29) is 12.3 Å². The maximum Gasteiger partial charge on any atom is 0.135 e. The van der Waals surface area contributed by atoms with E-state index < -0.39 is 12.2 Å². The third-order valence-electron chi connectivity index (χ3n) is 2.38. The van der Waals surface area contributed by atoms with E-state index in [1.54, 1.807) is 14.0 Å². The van der Waals surface area contributed by atoms with Crippen LogP contribution in [0.1, 0.15) is 13.3 Å². The van der Waals surface area contributed by atoms with Crippen LogP contribution in [0.5, 0.6) is 0 Å². The molecule has 0 aromatic carbocycles. The highest BCUT2D eigenvalue weighted by molar-refractivity contribution is 4.81. The highest BCUT2D eigenvalue weighted by Gasteiger charge is 2.35. The fourth-order valence-electron chi connectivity index (χ4n) is 1.39. The zero-order valence-corrected chi connectivity index (χ0v) is 8.17. The second-order valence-corrected chi connectivity index (χ2v) is 3.32. The molecule has 1 heterocycles. The number of aliphatic hydroxyl groups excluding tert-OH is 2. The predicted molar refractivity (Wildman–Crippen MR) is 45.7 cm³/mol. The van der Waals surface area contributed by atoms with Crippen molar-refractivity contribution >= 4 is 0 Å². The Bertz CT molecular complexity index is 154. The minimum Gasteiger partial charge on any atom is -0.390 e. The summed E-state index contributed by atoms with van der Waals surface area (Å²) in [4.78, 5) is 4.94. The summed E-state index contributed by atoms with van der Waals surface area (Å²) in [6, 6.07) is 0. The summed E-state index contributed by atoms with van der Waals surface area (Å²) >= 11 is 0. The molecule has 0 spiro atoms. The number of hydrogen-bond acceptors (Lipinski definition) is 5. The molecular weight excluding hydrogens is 174 g/mol. The molecule has 78 valence electrons. The van der Waals surface area contributed by atoms with Gasteiger partial charge in [-0.15, -0.1) is 0 Å². The van der Waals surface area contributed by atoms with Crippen molar-refractivity contribution in [3.63, 3.8) is 0 Å². The molecule has 1 saturated heterocycles. The van der Waals surface area contributed by atoms with Crippen molar-refractivity contribution in [1.82, 2.24) is 5.06 Å². The van der Waals surface area contributed by atoms with Crippen LogP contribution in [0.15, 0.2) is 0 Å². The van der Waals surface area contributed by atoms with Gasteiger partial charge in [0.2, 0.25) is 0 Å². The zero-order chi connectivity index (χ0) is 10.0. The Kier molecular flexibility index (Phi) is 3.63. The van der Waals surface area contributed by atoms with Crippen LogP contribution in [0, 0.1) is 0 Å². The smallest absolute Gasteiger partial charge is 0.135 e. The van der Waals surface area contributed by atoms with Gasteiger partial charge in [0.15, 0.2) is 0 Å². The van der Waals surface area contributed by atoms with Gasteiger partial charge in [-0.25, -0.2) is 0 Å². The van der Waals surface area contributed by atoms with Gasteiger partial charge in [-0.05, 0) is 6.92 Å². The lowest BCUT2D eigenvalue weighted by atomic mass is 10.0.